The van der Waals surface area contributed by atoms with E-state index in [1.54, 1.807) is 0 Å². The highest BCUT2D eigenvalue weighted by molar-refractivity contribution is 5.01. The van der Waals surface area contributed by atoms with Crippen LogP contribution in [0.2, 0.25) is 0 Å². The summed E-state index contributed by atoms with van der Waals surface area (Å²) in [4.78, 5) is 2.81. The van der Waals surface area contributed by atoms with E-state index < -0.39 is 0 Å². The van der Waals surface area contributed by atoms with Gasteiger partial charge < -0.3 is 10.1 Å². The third-order valence-corrected chi connectivity index (χ3v) is 5.91. The van der Waals surface area contributed by atoms with E-state index in [4.69, 9.17) is 4.74 Å². The first-order valence-electron chi connectivity index (χ1n) is 8.92. The normalized spacial score (nSPS) is 27.4. The van der Waals surface area contributed by atoms with E-state index >= 15 is 0 Å². The first-order valence-corrected chi connectivity index (χ1v) is 8.92. The molecule has 2 aliphatic rings. The van der Waals surface area contributed by atoms with Crippen molar-refractivity contribution in [3.63, 3.8) is 0 Å². The minimum atomic E-state index is -0.00589. The molecule has 1 unspecified atom stereocenters. The van der Waals surface area contributed by atoms with Crippen molar-refractivity contribution in [2.45, 2.75) is 83.4 Å². The Morgan fingerprint density at radius 3 is 2.48 bits per heavy atom. The maximum absolute atomic E-state index is 5.64. The first kappa shape index (κ1) is 17.2. The Morgan fingerprint density at radius 2 is 1.90 bits per heavy atom. The lowest BCUT2D eigenvalue weighted by atomic mass is 9.77. The molecule has 1 N–H and O–H groups in total. The summed E-state index contributed by atoms with van der Waals surface area (Å²) in [5, 5.41) is 3.85. The number of nitrogens with zero attached hydrogens (tertiary/aromatic N) is 1. The van der Waals surface area contributed by atoms with Crippen molar-refractivity contribution in [1.82, 2.24) is 10.2 Å². The Bertz CT molecular complexity index is 321. The average Bonchev–Trinajstić information content (AvgIpc) is 2.47. The number of piperazine rings is 1. The Morgan fingerprint density at radius 1 is 1.24 bits per heavy atom. The molecule has 3 heteroatoms. The van der Waals surface area contributed by atoms with Gasteiger partial charge in [-0.15, -0.1) is 0 Å². The topological polar surface area (TPSA) is 24.5 Å². The predicted octanol–water partition coefficient (Wildman–Crippen LogP) is 3.43. The summed E-state index contributed by atoms with van der Waals surface area (Å²) in [5.74, 6) is 0.712. The lowest BCUT2D eigenvalue weighted by Crippen LogP contribution is -2.66. The van der Waals surface area contributed by atoms with E-state index in [1.807, 2.05) is 7.11 Å². The molecular weight excluding hydrogens is 260 g/mol. The molecule has 0 aromatic carbocycles. The van der Waals surface area contributed by atoms with Gasteiger partial charge in [-0.2, -0.15) is 0 Å². The van der Waals surface area contributed by atoms with Crippen LogP contribution in [-0.2, 0) is 4.74 Å². The number of methoxy groups -OCH3 is 1. The Kier molecular flexibility index (Phi) is 5.72. The minimum absolute atomic E-state index is 0.00589. The molecule has 0 aromatic heterocycles. The zero-order valence-electron chi connectivity index (χ0n) is 14.9. The van der Waals surface area contributed by atoms with Crippen LogP contribution in [0.4, 0.5) is 0 Å². The van der Waals surface area contributed by atoms with Crippen LogP contribution in [0.15, 0.2) is 0 Å². The van der Waals surface area contributed by atoms with Crippen LogP contribution in [0.5, 0.6) is 0 Å². The van der Waals surface area contributed by atoms with Gasteiger partial charge in [0.05, 0.1) is 5.60 Å². The number of hydrogen-bond acceptors (Lipinski definition) is 3. The van der Waals surface area contributed by atoms with Gasteiger partial charge in [0.1, 0.15) is 0 Å². The quantitative estimate of drug-likeness (QED) is 0.841. The van der Waals surface area contributed by atoms with Crippen molar-refractivity contribution < 1.29 is 4.74 Å². The van der Waals surface area contributed by atoms with Crippen molar-refractivity contribution in [2.24, 2.45) is 5.92 Å². The molecule has 2 fully saturated rings. The van der Waals surface area contributed by atoms with Crippen LogP contribution >= 0.6 is 0 Å². The number of ether oxygens (including phenoxy) is 1. The van der Waals surface area contributed by atoms with E-state index in [-0.39, 0.29) is 5.60 Å². The van der Waals surface area contributed by atoms with Gasteiger partial charge >= 0.3 is 0 Å². The zero-order chi connectivity index (χ0) is 15.5. The molecule has 1 aliphatic carbocycles. The second-order valence-corrected chi connectivity index (χ2v) is 8.18. The van der Waals surface area contributed by atoms with Gasteiger partial charge in [0.2, 0.25) is 0 Å². The highest BCUT2D eigenvalue weighted by Crippen LogP contribution is 2.36. The van der Waals surface area contributed by atoms with Gasteiger partial charge in [0, 0.05) is 38.3 Å². The Hall–Kier alpha value is -0.120. The molecule has 1 spiro atoms. The van der Waals surface area contributed by atoms with Crippen LogP contribution < -0.4 is 5.32 Å². The standard InChI is InChI=1S/C18H36N2O/c1-15(2)16-13-20(12-11-17(3,4)21-5)18(14-19-16)9-7-6-8-10-18/h15-16,19H,6-14H2,1-5H3. The molecule has 1 atom stereocenters. The lowest BCUT2D eigenvalue weighted by molar-refractivity contribution is -0.0330. The van der Waals surface area contributed by atoms with Crippen LogP contribution in [0.25, 0.3) is 0 Å². The molecule has 1 saturated heterocycles. The monoisotopic (exact) mass is 296 g/mol. The summed E-state index contributed by atoms with van der Waals surface area (Å²) in [6.45, 7) is 12.7. The largest absolute Gasteiger partial charge is 0.379 e. The molecule has 1 heterocycles. The molecule has 0 radical (unpaired) electrons. The van der Waals surface area contributed by atoms with Gasteiger partial charge in [-0.25, -0.2) is 0 Å². The van der Waals surface area contributed by atoms with E-state index in [0.29, 0.717) is 17.5 Å². The lowest BCUT2D eigenvalue weighted by Gasteiger charge is -2.53. The highest BCUT2D eigenvalue weighted by atomic mass is 16.5. The summed E-state index contributed by atoms with van der Waals surface area (Å²) in [6.07, 6.45) is 8.09. The van der Waals surface area contributed by atoms with Crippen molar-refractivity contribution in [2.75, 3.05) is 26.7 Å². The molecule has 124 valence electrons. The molecule has 1 aliphatic heterocycles. The van der Waals surface area contributed by atoms with Crippen molar-refractivity contribution in [3.05, 3.63) is 0 Å². The van der Waals surface area contributed by atoms with Crippen LogP contribution in [0, 0.1) is 5.92 Å². The molecule has 2 rings (SSSR count). The average molecular weight is 296 g/mol. The van der Waals surface area contributed by atoms with Crippen molar-refractivity contribution >= 4 is 0 Å². The van der Waals surface area contributed by atoms with Gasteiger partial charge in [-0.1, -0.05) is 33.1 Å². The van der Waals surface area contributed by atoms with Gasteiger partial charge in [-0.05, 0) is 39.0 Å². The predicted molar refractivity (Wildman–Crippen MR) is 89.7 cm³/mol. The van der Waals surface area contributed by atoms with Gasteiger partial charge in [-0.3, -0.25) is 4.90 Å². The van der Waals surface area contributed by atoms with Gasteiger partial charge in [0.25, 0.3) is 0 Å². The molecule has 0 amide bonds. The zero-order valence-corrected chi connectivity index (χ0v) is 14.9. The molecule has 3 nitrogen and oxygen atoms in total. The third kappa shape index (κ3) is 4.20. The molecule has 0 bridgehead atoms. The summed E-state index contributed by atoms with van der Waals surface area (Å²) in [6, 6.07) is 0.642. The molecule has 21 heavy (non-hydrogen) atoms. The number of nitrogens with one attached hydrogen (secondary N) is 1. The fourth-order valence-corrected chi connectivity index (χ4v) is 3.91. The summed E-state index contributed by atoms with van der Waals surface area (Å²) in [7, 11) is 1.84. The first-order chi connectivity index (χ1) is 9.88. The van der Waals surface area contributed by atoms with Crippen molar-refractivity contribution in [3.8, 4) is 0 Å². The van der Waals surface area contributed by atoms with Crippen molar-refractivity contribution in [1.29, 1.82) is 0 Å². The Labute approximate surface area is 131 Å². The fraction of sp³-hybridized carbons (Fsp3) is 1.00. The second-order valence-electron chi connectivity index (χ2n) is 8.18. The fourth-order valence-electron chi connectivity index (χ4n) is 3.91. The SMILES string of the molecule is COC(C)(C)CCN1CC(C(C)C)NCC12CCCCC2. The van der Waals surface area contributed by atoms with Crippen LogP contribution in [0.1, 0.15) is 66.2 Å². The maximum Gasteiger partial charge on any atom is 0.0634 e. The molecular formula is C18H36N2O. The smallest absolute Gasteiger partial charge is 0.0634 e. The Balaban J connectivity index is 2.05. The minimum Gasteiger partial charge on any atom is -0.379 e. The van der Waals surface area contributed by atoms with Crippen LogP contribution in [0.3, 0.4) is 0 Å². The highest BCUT2D eigenvalue weighted by Gasteiger charge is 2.42. The van der Waals surface area contributed by atoms with Crippen LogP contribution in [-0.4, -0.2) is 48.8 Å². The summed E-state index contributed by atoms with van der Waals surface area (Å²) in [5.41, 5.74) is 0.418. The van der Waals surface area contributed by atoms with E-state index in [9.17, 15) is 0 Å². The van der Waals surface area contributed by atoms with Gasteiger partial charge in [0.15, 0.2) is 0 Å². The second kappa shape index (κ2) is 6.97. The van der Waals surface area contributed by atoms with E-state index in [2.05, 4.69) is 37.9 Å². The third-order valence-electron chi connectivity index (χ3n) is 5.91. The number of hydrogen-bond donors (Lipinski definition) is 1. The molecule has 1 saturated carbocycles. The maximum atomic E-state index is 5.64. The summed E-state index contributed by atoms with van der Waals surface area (Å²) < 4.78 is 5.64. The number of rotatable bonds is 5. The molecule has 0 aromatic rings. The summed E-state index contributed by atoms with van der Waals surface area (Å²) >= 11 is 0. The van der Waals surface area contributed by atoms with E-state index in [0.717, 1.165) is 6.42 Å². The van der Waals surface area contributed by atoms with E-state index in [1.165, 1.54) is 51.7 Å².